The monoisotopic (exact) mass is 440 g/mol. The number of hydrogen-bond acceptors (Lipinski definition) is 4. The Morgan fingerprint density at radius 2 is 1.85 bits per heavy atom. The highest BCUT2D eigenvalue weighted by Crippen LogP contribution is 2.43. The molecule has 3 N–H and O–H groups in total. The molecule has 1 aliphatic carbocycles. The third kappa shape index (κ3) is 3.62. The minimum Gasteiger partial charge on any atom is -0.363 e. The molecule has 3 heterocycles. The van der Waals surface area contributed by atoms with E-state index in [4.69, 9.17) is 5.73 Å². The molecule has 1 amide bonds. The fourth-order valence-electron chi connectivity index (χ4n) is 5.73. The van der Waals surface area contributed by atoms with Gasteiger partial charge in [-0.3, -0.25) is 4.79 Å². The van der Waals surface area contributed by atoms with Crippen molar-refractivity contribution in [3.05, 3.63) is 77.5 Å². The van der Waals surface area contributed by atoms with Crippen molar-refractivity contribution >= 4 is 16.8 Å². The van der Waals surface area contributed by atoms with E-state index in [1.807, 2.05) is 13.0 Å². The molecule has 7 nitrogen and oxygen atoms in total. The van der Waals surface area contributed by atoms with E-state index in [-0.39, 0.29) is 5.82 Å². The van der Waals surface area contributed by atoms with E-state index >= 15 is 0 Å². The number of aryl methyl sites for hydroxylation is 1. The maximum absolute atomic E-state index is 11.4. The Hall–Kier alpha value is -3.45. The molecule has 0 spiro atoms. The molecule has 0 radical (unpaired) electrons. The lowest BCUT2D eigenvalue weighted by molar-refractivity contribution is 0.0990. The van der Waals surface area contributed by atoms with Gasteiger partial charge in [-0.15, -0.1) is 5.10 Å². The lowest BCUT2D eigenvalue weighted by Crippen LogP contribution is -2.13. The summed E-state index contributed by atoms with van der Waals surface area (Å²) in [6, 6.07) is 17.5. The molecule has 1 saturated carbocycles. The topological polar surface area (TPSA) is 90.8 Å². The molecule has 3 atom stereocenters. The number of aromatic nitrogens is 4. The molecule has 33 heavy (non-hydrogen) atoms. The fourth-order valence-corrected chi connectivity index (χ4v) is 5.73. The first kappa shape index (κ1) is 20.2. The summed E-state index contributed by atoms with van der Waals surface area (Å²) >= 11 is 0. The SMILES string of the molecule is Cc1nc(C(N)=O)nn1-c1ccc2c(ccn2Cc2ccc([C@@H]3C[C@H]4CNC[C@H]4C3)cc2)c1. The first-order valence-electron chi connectivity index (χ1n) is 11.7. The quantitative estimate of drug-likeness (QED) is 0.498. The zero-order valence-corrected chi connectivity index (χ0v) is 18.7. The molecule has 2 aliphatic rings. The van der Waals surface area contributed by atoms with Crippen LogP contribution in [0.25, 0.3) is 16.6 Å². The number of carbonyl (C=O) groups excluding carboxylic acids is 1. The summed E-state index contributed by atoms with van der Waals surface area (Å²) in [7, 11) is 0. The van der Waals surface area contributed by atoms with Crippen LogP contribution in [0.2, 0.25) is 0 Å². The van der Waals surface area contributed by atoms with Crippen LogP contribution in [0.3, 0.4) is 0 Å². The zero-order chi connectivity index (χ0) is 22.5. The molecule has 1 saturated heterocycles. The maximum Gasteiger partial charge on any atom is 0.288 e. The Labute approximate surface area is 192 Å². The van der Waals surface area contributed by atoms with Gasteiger partial charge in [-0.1, -0.05) is 24.3 Å². The van der Waals surface area contributed by atoms with Crippen LogP contribution in [-0.4, -0.2) is 38.3 Å². The molecular formula is C26H28N6O. The van der Waals surface area contributed by atoms with Gasteiger partial charge in [-0.25, -0.2) is 9.67 Å². The van der Waals surface area contributed by atoms with Gasteiger partial charge in [0, 0.05) is 23.6 Å². The largest absolute Gasteiger partial charge is 0.363 e. The van der Waals surface area contributed by atoms with Crippen molar-refractivity contribution in [1.29, 1.82) is 0 Å². The average molecular weight is 441 g/mol. The van der Waals surface area contributed by atoms with Gasteiger partial charge in [0.15, 0.2) is 0 Å². The summed E-state index contributed by atoms with van der Waals surface area (Å²) in [6.07, 6.45) is 4.78. The molecule has 7 heteroatoms. The van der Waals surface area contributed by atoms with Gasteiger partial charge in [0.25, 0.3) is 5.91 Å². The Balaban J connectivity index is 1.20. The van der Waals surface area contributed by atoms with Crippen molar-refractivity contribution in [2.24, 2.45) is 17.6 Å². The minimum absolute atomic E-state index is 0.0334. The van der Waals surface area contributed by atoms with Crippen LogP contribution in [0.5, 0.6) is 0 Å². The van der Waals surface area contributed by atoms with E-state index in [2.05, 4.69) is 68.6 Å². The van der Waals surface area contributed by atoms with Gasteiger partial charge in [-0.2, -0.15) is 0 Å². The summed E-state index contributed by atoms with van der Waals surface area (Å²) in [6.45, 7) is 5.04. The molecule has 4 aromatic rings. The van der Waals surface area contributed by atoms with Gasteiger partial charge in [0.2, 0.25) is 5.82 Å². The highest BCUT2D eigenvalue weighted by Gasteiger charge is 2.37. The van der Waals surface area contributed by atoms with Crippen LogP contribution in [0.15, 0.2) is 54.7 Å². The highest BCUT2D eigenvalue weighted by molar-refractivity contribution is 5.88. The van der Waals surface area contributed by atoms with E-state index in [1.54, 1.807) is 4.68 Å². The smallest absolute Gasteiger partial charge is 0.288 e. The Morgan fingerprint density at radius 3 is 2.55 bits per heavy atom. The van der Waals surface area contributed by atoms with Crippen LogP contribution in [0.1, 0.15) is 46.3 Å². The Bertz CT molecular complexity index is 1320. The normalized spacial score (nSPS) is 22.2. The lowest BCUT2D eigenvalue weighted by atomic mass is 9.95. The van der Waals surface area contributed by atoms with Crippen molar-refractivity contribution in [3.63, 3.8) is 0 Å². The molecule has 168 valence electrons. The summed E-state index contributed by atoms with van der Waals surface area (Å²) in [4.78, 5) is 15.6. The highest BCUT2D eigenvalue weighted by atomic mass is 16.1. The number of carbonyl (C=O) groups is 1. The molecule has 0 bridgehead atoms. The van der Waals surface area contributed by atoms with E-state index in [9.17, 15) is 4.79 Å². The van der Waals surface area contributed by atoms with E-state index < -0.39 is 5.91 Å². The number of hydrogen-bond donors (Lipinski definition) is 2. The second-order valence-corrected chi connectivity index (χ2v) is 9.53. The van der Waals surface area contributed by atoms with Crippen molar-refractivity contribution in [1.82, 2.24) is 24.6 Å². The van der Waals surface area contributed by atoms with Gasteiger partial charge in [0.05, 0.1) is 5.69 Å². The number of nitrogens with zero attached hydrogens (tertiary/aromatic N) is 4. The zero-order valence-electron chi connectivity index (χ0n) is 18.7. The standard InChI is InChI=1S/C26H28N6O/c1-16-29-26(25(27)33)30-32(16)23-6-7-24-19(12-23)8-9-31(24)15-17-2-4-18(5-3-17)20-10-21-13-28-14-22(21)11-20/h2-9,12,20-22,28H,10-11,13-15H2,1H3,(H2,27,33)/t20-,21+,22-. The number of benzene rings is 2. The molecule has 2 aromatic carbocycles. The summed E-state index contributed by atoms with van der Waals surface area (Å²) < 4.78 is 3.92. The summed E-state index contributed by atoms with van der Waals surface area (Å²) in [5.41, 5.74) is 10.1. The lowest BCUT2D eigenvalue weighted by Gasteiger charge is -2.13. The second-order valence-electron chi connectivity index (χ2n) is 9.53. The van der Waals surface area contributed by atoms with Crippen molar-refractivity contribution in [3.8, 4) is 5.69 Å². The van der Waals surface area contributed by atoms with Crippen molar-refractivity contribution in [2.45, 2.75) is 32.2 Å². The number of primary amides is 1. The molecule has 2 fully saturated rings. The average Bonchev–Trinajstić information content (AvgIpc) is 3.57. The Morgan fingerprint density at radius 1 is 1.09 bits per heavy atom. The number of rotatable bonds is 5. The van der Waals surface area contributed by atoms with E-state index in [0.29, 0.717) is 5.82 Å². The third-order valence-corrected chi connectivity index (χ3v) is 7.45. The van der Waals surface area contributed by atoms with Crippen molar-refractivity contribution < 1.29 is 4.79 Å². The molecule has 0 unspecified atom stereocenters. The first-order chi connectivity index (χ1) is 16.0. The second kappa shape index (κ2) is 7.85. The van der Waals surface area contributed by atoms with Gasteiger partial charge < -0.3 is 15.6 Å². The Kier molecular flexibility index (Phi) is 4.80. The van der Waals surface area contributed by atoms with Crippen LogP contribution >= 0.6 is 0 Å². The van der Waals surface area contributed by atoms with Gasteiger partial charge >= 0.3 is 0 Å². The predicted octanol–water partition coefficient (Wildman–Crippen LogP) is 3.39. The van der Waals surface area contributed by atoms with E-state index in [1.165, 1.54) is 37.1 Å². The maximum atomic E-state index is 11.4. The third-order valence-electron chi connectivity index (χ3n) is 7.45. The molecular weight excluding hydrogens is 412 g/mol. The number of nitrogens with two attached hydrogens (primary N) is 1. The first-order valence-corrected chi connectivity index (χ1v) is 11.7. The molecule has 2 aromatic heterocycles. The van der Waals surface area contributed by atoms with Crippen LogP contribution < -0.4 is 11.1 Å². The number of fused-ring (bicyclic) bond motifs is 2. The molecule has 6 rings (SSSR count). The van der Waals surface area contributed by atoms with E-state index in [0.717, 1.165) is 40.9 Å². The number of nitrogens with one attached hydrogen (secondary N) is 1. The van der Waals surface area contributed by atoms with Crippen LogP contribution in [0, 0.1) is 18.8 Å². The summed E-state index contributed by atoms with van der Waals surface area (Å²) in [5.74, 6) is 2.50. The minimum atomic E-state index is -0.622. The fraction of sp³-hybridized carbons (Fsp3) is 0.346. The van der Waals surface area contributed by atoms with Gasteiger partial charge in [-0.05, 0) is 86.0 Å². The van der Waals surface area contributed by atoms with Crippen LogP contribution in [0.4, 0.5) is 0 Å². The number of amides is 1. The predicted molar refractivity (Wildman–Crippen MR) is 127 cm³/mol. The van der Waals surface area contributed by atoms with Crippen molar-refractivity contribution in [2.75, 3.05) is 13.1 Å². The summed E-state index contributed by atoms with van der Waals surface area (Å²) in [5, 5.41) is 8.89. The van der Waals surface area contributed by atoms with Crippen LogP contribution in [-0.2, 0) is 6.54 Å². The molecule has 1 aliphatic heterocycles. The van der Waals surface area contributed by atoms with Gasteiger partial charge in [0.1, 0.15) is 5.82 Å².